The molecular weight excluding hydrogens is 378 g/mol. The van der Waals surface area contributed by atoms with Gasteiger partial charge in [0.1, 0.15) is 0 Å². The molecule has 28 heavy (non-hydrogen) atoms. The van der Waals surface area contributed by atoms with Crippen LogP contribution in [0.3, 0.4) is 0 Å². The maximum absolute atomic E-state index is 12.7. The fourth-order valence-electron chi connectivity index (χ4n) is 2.56. The monoisotopic (exact) mass is 393 g/mol. The number of nitrogens with one attached hydrogen (secondary N) is 1. The minimum absolute atomic E-state index is 0.0990. The number of para-hydroxylation sites is 1. The van der Waals surface area contributed by atoms with E-state index in [1.807, 2.05) is 0 Å². The molecule has 0 saturated heterocycles. The van der Waals surface area contributed by atoms with Crippen molar-refractivity contribution in [2.75, 3.05) is 11.9 Å². The van der Waals surface area contributed by atoms with Gasteiger partial charge < -0.3 is 10.1 Å². The first-order valence-corrected chi connectivity index (χ1v) is 8.84. The van der Waals surface area contributed by atoms with Gasteiger partial charge in [-0.25, -0.2) is 4.79 Å². The van der Waals surface area contributed by atoms with E-state index in [1.54, 1.807) is 72.8 Å². The number of hydrogen-bond acceptors (Lipinski definition) is 4. The number of hydrogen-bond donors (Lipinski definition) is 1. The molecule has 0 fully saturated rings. The van der Waals surface area contributed by atoms with E-state index in [0.29, 0.717) is 16.3 Å². The van der Waals surface area contributed by atoms with E-state index in [9.17, 15) is 14.4 Å². The van der Waals surface area contributed by atoms with Gasteiger partial charge in [-0.2, -0.15) is 0 Å². The average molecular weight is 394 g/mol. The molecule has 5 nitrogen and oxygen atoms in total. The molecule has 0 aliphatic rings. The second-order valence-electron chi connectivity index (χ2n) is 5.84. The van der Waals surface area contributed by atoms with E-state index in [2.05, 4.69) is 5.32 Å². The van der Waals surface area contributed by atoms with Crippen LogP contribution in [0.1, 0.15) is 26.3 Å². The molecule has 3 aromatic rings. The highest BCUT2D eigenvalue weighted by atomic mass is 35.5. The van der Waals surface area contributed by atoms with Gasteiger partial charge in [-0.3, -0.25) is 9.59 Å². The Labute approximate surface area is 166 Å². The maximum Gasteiger partial charge on any atom is 0.339 e. The van der Waals surface area contributed by atoms with E-state index in [1.165, 1.54) is 6.07 Å². The number of carbonyl (C=O) groups excluding carboxylic acids is 3. The van der Waals surface area contributed by atoms with Crippen molar-refractivity contribution >= 4 is 34.9 Å². The quantitative estimate of drug-likeness (QED) is 0.498. The summed E-state index contributed by atoms with van der Waals surface area (Å²) < 4.78 is 5.08. The molecule has 1 amide bonds. The first kappa shape index (κ1) is 19.3. The number of anilines is 1. The van der Waals surface area contributed by atoms with Crippen LogP contribution in [-0.4, -0.2) is 24.3 Å². The maximum atomic E-state index is 12.7. The number of benzene rings is 3. The molecule has 0 atom stereocenters. The van der Waals surface area contributed by atoms with Crippen molar-refractivity contribution in [1.29, 1.82) is 0 Å². The third kappa shape index (κ3) is 4.64. The van der Waals surface area contributed by atoms with E-state index in [-0.39, 0.29) is 16.9 Å². The molecule has 0 aromatic heterocycles. The lowest BCUT2D eigenvalue weighted by Crippen LogP contribution is -2.22. The molecule has 1 N–H and O–H groups in total. The van der Waals surface area contributed by atoms with Gasteiger partial charge in [-0.1, -0.05) is 72.3 Å². The Morgan fingerprint density at radius 1 is 0.786 bits per heavy atom. The highest BCUT2D eigenvalue weighted by Crippen LogP contribution is 2.20. The molecule has 0 bridgehead atoms. The third-order valence-electron chi connectivity index (χ3n) is 3.91. The number of esters is 1. The first-order chi connectivity index (χ1) is 13.6. The minimum atomic E-state index is -0.755. The topological polar surface area (TPSA) is 72.5 Å². The summed E-state index contributed by atoms with van der Waals surface area (Å²) in [6.07, 6.45) is 0. The molecular formula is C22H16ClNO4. The van der Waals surface area contributed by atoms with Gasteiger partial charge in [0.05, 0.1) is 16.3 Å². The van der Waals surface area contributed by atoms with Crippen molar-refractivity contribution in [3.8, 4) is 0 Å². The van der Waals surface area contributed by atoms with E-state index >= 15 is 0 Å². The normalized spacial score (nSPS) is 10.2. The van der Waals surface area contributed by atoms with Crippen LogP contribution in [0.15, 0.2) is 78.9 Å². The van der Waals surface area contributed by atoms with Crippen LogP contribution in [0.5, 0.6) is 0 Å². The number of halogens is 1. The molecule has 0 heterocycles. The van der Waals surface area contributed by atoms with Crippen LogP contribution >= 0.6 is 11.6 Å². The van der Waals surface area contributed by atoms with Gasteiger partial charge in [0.25, 0.3) is 5.91 Å². The van der Waals surface area contributed by atoms with Gasteiger partial charge in [-0.15, -0.1) is 0 Å². The smallest absolute Gasteiger partial charge is 0.339 e. The van der Waals surface area contributed by atoms with Gasteiger partial charge in [0.2, 0.25) is 0 Å². The van der Waals surface area contributed by atoms with Crippen LogP contribution in [-0.2, 0) is 9.53 Å². The molecule has 0 unspecified atom stereocenters. The predicted octanol–water partition coefficient (Wildman–Crippen LogP) is 4.37. The first-order valence-electron chi connectivity index (χ1n) is 8.46. The average Bonchev–Trinajstić information content (AvgIpc) is 2.74. The molecule has 3 rings (SSSR count). The van der Waals surface area contributed by atoms with Crippen molar-refractivity contribution in [2.24, 2.45) is 0 Å². The van der Waals surface area contributed by atoms with Crippen LogP contribution in [0.25, 0.3) is 0 Å². The number of carbonyl (C=O) groups is 3. The van der Waals surface area contributed by atoms with Crippen molar-refractivity contribution in [3.63, 3.8) is 0 Å². The van der Waals surface area contributed by atoms with Crippen LogP contribution in [0, 0.1) is 0 Å². The van der Waals surface area contributed by atoms with Crippen LogP contribution < -0.4 is 5.32 Å². The second kappa shape index (κ2) is 8.97. The van der Waals surface area contributed by atoms with Crippen LogP contribution in [0.2, 0.25) is 5.02 Å². The fourth-order valence-corrected chi connectivity index (χ4v) is 2.74. The molecule has 140 valence electrons. The Bertz CT molecular complexity index is 1020. The summed E-state index contributed by atoms with van der Waals surface area (Å²) in [5.74, 6) is -1.59. The van der Waals surface area contributed by atoms with E-state index < -0.39 is 18.5 Å². The zero-order chi connectivity index (χ0) is 19.9. The van der Waals surface area contributed by atoms with Gasteiger partial charge in [-0.05, 0) is 18.2 Å². The van der Waals surface area contributed by atoms with Crippen molar-refractivity contribution < 1.29 is 19.1 Å². The molecule has 0 spiro atoms. The molecule has 3 aromatic carbocycles. The van der Waals surface area contributed by atoms with Crippen molar-refractivity contribution in [1.82, 2.24) is 0 Å². The number of ketones is 1. The summed E-state index contributed by atoms with van der Waals surface area (Å²) in [7, 11) is 0. The summed E-state index contributed by atoms with van der Waals surface area (Å²) in [6.45, 7) is -0.502. The fraction of sp³-hybridized carbons (Fsp3) is 0.0455. The Balaban J connectivity index is 1.69. The summed E-state index contributed by atoms with van der Waals surface area (Å²) in [6, 6.07) is 21.7. The Morgan fingerprint density at radius 2 is 1.39 bits per heavy atom. The summed E-state index contributed by atoms with van der Waals surface area (Å²) >= 11 is 5.98. The molecule has 0 aliphatic heterocycles. The SMILES string of the molecule is O=C(COC(=O)c1ccccc1C(=O)c1ccccc1)Nc1ccccc1Cl. The van der Waals surface area contributed by atoms with Gasteiger partial charge in [0, 0.05) is 11.1 Å². The lowest BCUT2D eigenvalue weighted by Gasteiger charge is -2.10. The summed E-state index contributed by atoms with van der Waals surface area (Å²) in [5.41, 5.74) is 1.19. The largest absolute Gasteiger partial charge is 0.452 e. The lowest BCUT2D eigenvalue weighted by atomic mass is 9.98. The lowest BCUT2D eigenvalue weighted by molar-refractivity contribution is -0.119. The van der Waals surface area contributed by atoms with Crippen LogP contribution in [0.4, 0.5) is 5.69 Å². The van der Waals surface area contributed by atoms with Crippen molar-refractivity contribution in [3.05, 3.63) is 101 Å². The standard InChI is InChI=1S/C22H16ClNO4/c23-18-12-6-7-13-19(18)24-20(25)14-28-22(27)17-11-5-4-10-16(17)21(26)15-8-2-1-3-9-15/h1-13H,14H2,(H,24,25). The number of ether oxygens (including phenoxy) is 1. The minimum Gasteiger partial charge on any atom is -0.452 e. The molecule has 0 saturated carbocycles. The molecule has 6 heteroatoms. The molecule has 0 radical (unpaired) electrons. The van der Waals surface area contributed by atoms with Gasteiger partial charge >= 0.3 is 5.97 Å². The van der Waals surface area contributed by atoms with E-state index in [0.717, 1.165) is 0 Å². The van der Waals surface area contributed by atoms with E-state index in [4.69, 9.17) is 16.3 Å². The number of rotatable bonds is 6. The Kier molecular flexibility index (Phi) is 6.19. The van der Waals surface area contributed by atoms with Gasteiger partial charge in [0.15, 0.2) is 12.4 Å². The summed E-state index contributed by atoms with van der Waals surface area (Å²) in [5, 5.41) is 2.94. The summed E-state index contributed by atoms with van der Waals surface area (Å²) in [4.78, 5) is 37.2. The number of amides is 1. The Hall–Kier alpha value is -3.44. The zero-order valence-electron chi connectivity index (χ0n) is 14.7. The zero-order valence-corrected chi connectivity index (χ0v) is 15.5. The predicted molar refractivity (Wildman–Crippen MR) is 107 cm³/mol. The highest BCUT2D eigenvalue weighted by Gasteiger charge is 2.19. The Morgan fingerprint density at radius 3 is 2.11 bits per heavy atom. The van der Waals surface area contributed by atoms with Crippen molar-refractivity contribution in [2.45, 2.75) is 0 Å². The highest BCUT2D eigenvalue weighted by molar-refractivity contribution is 6.33. The third-order valence-corrected chi connectivity index (χ3v) is 4.24. The molecule has 0 aliphatic carbocycles. The second-order valence-corrected chi connectivity index (χ2v) is 6.25.